The second-order valence-electron chi connectivity index (χ2n) is 13.9. The van der Waals surface area contributed by atoms with E-state index >= 15 is 0 Å². The Morgan fingerprint density at radius 3 is 2.30 bits per heavy atom. The average molecular weight is 656 g/mol. The molecule has 0 aliphatic heterocycles. The van der Waals surface area contributed by atoms with Crippen molar-refractivity contribution in [3.05, 3.63) is 186 Å². The number of benzene rings is 6. The third kappa shape index (κ3) is 4.12. The third-order valence-corrected chi connectivity index (χ3v) is 12.6. The molecule has 2 heteroatoms. The van der Waals surface area contributed by atoms with Crippen LogP contribution in [0.4, 0.5) is 0 Å². The van der Waals surface area contributed by atoms with Crippen LogP contribution in [0, 0.1) is 5.92 Å². The fourth-order valence-electron chi connectivity index (χ4n) is 9.01. The lowest BCUT2D eigenvalue weighted by Crippen LogP contribution is -2.19. The van der Waals surface area contributed by atoms with E-state index in [2.05, 4.69) is 168 Å². The number of hydrogen-bond acceptors (Lipinski definition) is 1. The summed E-state index contributed by atoms with van der Waals surface area (Å²) < 4.78 is 5.14. The SMILES string of the molecule is C1=CCC2C(=C1)c1ccccc1C1=C2C=CC(c2ccc(-n3c4ccccc4c4cc(-c5cccc6c5sc5ccccc56)ccc43)cc2)C1. The van der Waals surface area contributed by atoms with Crippen molar-refractivity contribution in [1.29, 1.82) is 0 Å². The summed E-state index contributed by atoms with van der Waals surface area (Å²) in [6, 6.07) is 49.8. The molecule has 0 saturated carbocycles. The van der Waals surface area contributed by atoms with Crippen LogP contribution in [0.15, 0.2) is 169 Å². The van der Waals surface area contributed by atoms with Gasteiger partial charge in [-0.1, -0.05) is 127 Å². The second-order valence-corrected chi connectivity index (χ2v) is 15.0. The topological polar surface area (TPSA) is 4.93 Å². The fraction of sp³-hybridized carbons (Fsp3) is 0.0833. The molecule has 2 aromatic heterocycles. The summed E-state index contributed by atoms with van der Waals surface area (Å²) in [7, 11) is 0. The zero-order chi connectivity index (χ0) is 32.8. The maximum absolute atomic E-state index is 2.46. The number of rotatable bonds is 3. The summed E-state index contributed by atoms with van der Waals surface area (Å²) >= 11 is 1.90. The Morgan fingerprint density at radius 2 is 1.38 bits per heavy atom. The van der Waals surface area contributed by atoms with E-state index in [-0.39, 0.29) is 0 Å². The predicted molar refractivity (Wildman–Crippen MR) is 214 cm³/mol. The van der Waals surface area contributed by atoms with Crippen molar-refractivity contribution >= 4 is 64.5 Å². The molecule has 3 aliphatic carbocycles. The Labute approximate surface area is 295 Å². The van der Waals surface area contributed by atoms with Gasteiger partial charge in [-0.2, -0.15) is 0 Å². The molecular weight excluding hydrogens is 623 g/mol. The van der Waals surface area contributed by atoms with Crippen LogP contribution < -0.4 is 0 Å². The highest BCUT2D eigenvalue weighted by Gasteiger charge is 2.33. The molecule has 2 unspecified atom stereocenters. The predicted octanol–water partition coefficient (Wildman–Crippen LogP) is 13.3. The molecule has 1 nitrogen and oxygen atoms in total. The smallest absolute Gasteiger partial charge is 0.0541 e. The standard InChI is InChI=1S/C48H33NS/c1-2-12-37-35(10-1)36-11-3-4-13-38(36)43-28-31(22-26-39(37)43)30-20-24-33(25-21-30)49-45-18-7-5-14-40(45)44-29-32(23-27-46(44)49)34-16-9-17-42-41-15-6-8-19-47(41)50-48(34)42/h1-11,13-27,29,31,37H,12,28H2. The minimum Gasteiger partial charge on any atom is -0.309 e. The quantitative estimate of drug-likeness (QED) is 0.178. The Balaban J connectivity index is 0.974. The first kappa shape index (κ1) is 28.2. The summed E-state index contributed by atoms with van der Waals surface area (Å²) in [4.78, 5) is 0. The van der Waals surface area contributed by atoms with E-state index in [0.29, 0.717) is 11.8 Å². The third-order valence-electron chi connectivity index (χ3n) is 11.3. The molecule has 50 heavy (non-hydrogen) atoms. The molecule has 0 saturated heterocycles. The van der Waals surface area contributed by atoms with E-state index in [0.717, 1.165) is 12.8 Å². The molecular formula is C48H33NS. The molecule has 2 atom stereocenters. The molecule has 0 N–H and O–H groups in total. The van der Waals surface area contributed by atoms with E-state index in [9.17, 15) is 0 Å². The highest BCUT2D eigenvalue weighted by atomic mass is 32.1. The highest BCUT2D eigenvalue weighted by molar-refractivity contribution is 7.26. The summed E-state index contributed by atoms with van der Waals surface area (Å²) in [6.45, 7) is 0. The molecule has 236 valence electrons. The van der Waals surface area contributed by atoms with Crippen LogP contribution in [0.25, 0.3) is 69.9 Å². The van der Waals surface area contributed by atoms with Crippen LogP contribution in [-0.4, -0.2) is 4.57 Å². The Bertz CT molecular complexity index is 2810. The second kappa shape index (κ2) is 10.9. The van der Waals surface area contributed by atoms with Gasteiger partial charge in [0.05, 0.1) is 11.0 Å². The Morgan fingerprint density at radius 1 is 0.620 bits per heavy atom. The lowest BCUT2D eigenvalue weighted by molar-refractivity contribution is 0.765. The van der Waals surface area contributed by atoms with Crippen molar-refractivity contribution in [2.75, 3.05) is 0 Å². The Kier molecular flexibility index (Phi) is 6.14. The summed E-state index contributed by atoms with van der Waals surface area (Å²) in [5.41, 5.74) is 15.0. The van der Waals surface area contributed by atoms with Crippen LogP contribution >= 0.6 is 11.3 Å². The van der Waals surface area contributed by atoms with Crippen molar-refractivity contribution in [1.82, 2.24) is 4.57 Å². The maximum atomic E-state index is 2.46. The normalized spacial score (nSPS) is 18.1. The average Bonchev–Trinajstić information content (AvgIpc) is 3.74. The molecule has 0 radical (unpaired) electrons. The number of aromatic nitrogens is 1. The van der Waals surface area contributed by atoms with Gasteiger partial charge < -0.3 is 4.57 Å². The fourth-order valence-corrected chi connectivity index (χ4v) is 10.2. The van der Waals surface area contributed by atoms with Crippen LogP contribution in [0.1, 0.15) is 35.4 Å². The minimum absolute atomic E-state index is 0.359. The molecule has 6 aromatic carbocycles. The first-order valence-electron chi connectivity index (χ1n) is 17.7. The number of thiophene rings is 1. The maximum Gasteiger partial charge on any atom is 0.0541 e. The summed E-state index contributed by atoms with van der Waals surface area (Å²) in [5.74, 6) is 0.830. The first-order chi connectivity index (χ1) is 24.8. The van der Waals surface area contributed by atoms with E-state index < -0.39 is 0 Å². The van der Waals surface area contributed by atoms with Crippen molar-refractivity contribution in [2.45, 2.75) is 18.8 Å². The zero-order valence-electron chi connectivity index (χ0n) is 27.5. The van der Waals surface area contributed by atoms with E-state index in [1.54, 1.807) is 0 Å². The molecule has 3 aliphatic rings. The number of nitrogens with zero attached hydrogens (tertiary/aromatic N) is 1. The molecule has 0 spiro atoms. The summed E-state index contributed by atoms with van der Waals surface area (Å²) in [6.07, 6.45) is 13.9. The number of fused-ring (bicyclic) bond motifs is 11. The highest BCUT2D eigenvalue weighted by Crippen LogP contribution is 2.51. The zero-order valence-corrected chi connectivity index (χ0v) is 28.3. The van der Waals surface area contributed by atoms with Gasteiger partial charge in [0.25, 0.3) is 0 Å². The van der Waals surface area contributed by atoms with Crippen LogP contribution in [0.5, 0.6) is 0 Å². The van der Waals surface area contributed by atoms with Gasteiger partial charge in [0.15, 0.2) is 0 Å². The lowest BCUT2D eigenvalue weighted by atomic mass is 9.68. The van der Waals surface area contributed by atoms with Crippen LogP contribution in [0.3, 0.4) is 0 Å². The molecule has 0 amide bonds. The molecule has 0 bridgehead atoms. The Hall–Kier alpha value is -5.70. The van der Waals surface area contributed by atoms with E-state index in [1.165, 1.54) is 92.2 Å². The first-order valence-corrected chi connectivity index (χ1v) is 18.5. The van der Waals surface area contributed by atoms with E-state index in [4.69, 9.17) is 0 Å². The van der Waals surface area contributed by atoms with Gasteiger partial charge >= 0.3 is 0 Å². The molecule has 2 heterocycles. The van der Waals surface area contributed by atoms with Gasteiger partial charge in [-0.25, -0.2) is 0 Å². The lowest BCUT2D eigenvalue weighted by Gasteiger charge is -2.36. The van der Waals surface area contributed by atoms with Gasteiger partial charge in [0.2, 0.25) is 0 Å². The van der Waals surface area contributed by atoms with Crippen molar-refractivity contribution in [3.8, 4) is 16.8 Å². The van der Waals surface area contributed by atoms with Crippen molar-refractivity contribution in [3.63, 3.8) is 0 Å². The van der Waals surface area contributed by atoms with Gasteiger partial charge in [0, 0.05) is 48.5 Å². The summed E-state index contributed by atoms with van der Waals surface area (Å²) in [5, 5.41) is 5.25. The monoisotopic (exact) mass is 655 g/mol. The van der Waals surface area contributed by atoms with Gasteiger partial charge in [-0.15, -0.1) is 11.3 Å². The van der Waals surface area contributed by atoms with Crippen LogP contribution in [-0.2, 0) is 0 Å². The van der Waals surface area contributed by atoms with Crippen LogP contribution in [0.2, 0.25) is 0 Å². The molecule has 0 fully saturated rings. The van der Waals surface area contributed by atoms with E-state index in [1.807, 2.05) is 11.3 Å². The van der Waals surface area contributed by atoms with Crippen molar-refractivity contribution < 1.29 is 0 Å². The number of hydrogen-bond donors (Lipinski definition) is 0. The molecule has 11 rings (SSSR count). The minimum atomic E-state index is 0.359. The molecule has 8 aromatic rings. The van der Waals surface area contributed by atoms with Gasteiger partial charge in [0.1, 0.15) is 0 Å². The number of allylic oxidation sites excluding steroid dienone is 8. The van der Waals surface area contributed by atoms with Gasteiger partial charge in [-0.05, 0) is 93.8 Å². The van der Waals surface area contributed by atoms with Gasteiger partial charge in [-0.3, -0.25) is 0 Å². The number of para-hydroxylation sites is 1. The van der Waals surface area contributed by atoms with Crippen molar-refractivity contribution in [2.24, 2.45) is 5.92 Å². The largest absolute Gasteiger partial charge is 0.309 e.